The van der Waals surface area contributed by atoms with Crippen molar-refractivity contribution in [1.82, 2.24) is 15.1 Å². The lowest BCUT2D eigenvalue weighted by Gasteiger charge is -2.39. The molecule has 1 aromatic rings. The Bertz CT molecular complexity index is 1270. The number of allylic oxidation sites excluding steroid dienone is 1. The number of likely N-dealkylation sites (tertiary alicyclic amines) is 1. The number of hydrogen-bond donors (Lipinski definition) is 2. The number of rotatable bonds is 19. The molecule has 7 atom stereocenters. The molecule has 0 unspecified atom stereocenters. The molecule has 3 fully saturated rings. The van der Waals surface area contributed by atoms with Gasteiger partial charge in [0.15, 0.2) is 0 Å². The first kappa shape index (κ1) is 36.3. The summed E-state index contributed by atoms with van der Waals surface area (Å²) >= 11 is 0. The second-order valence-electron chi connectivity index (χ2n) is 13.5. The molecule has 3 aliphatic rings. The Labute approximate surface area is 279 Å². The maximum Gasteiger partial charge on any atom is 0.313 e. The van der Waals surface area contributed by atoms with Crippen LogP contribution < -0.4 is 5.32 Å². The van der Waals surface area contributed by atoms with E-state index < -0.39 is 47.7 Å². The highest BCUT2D eigenvalue weighted by atomic mass is 16.6. The smallest absolute Gasteiger partial charge is 0.313 e. The van der Waals surface area contributed by atoms with Gasteiger partial charge >= 0.3 is 5.97 Å². The summed E-state index contributed by atoms with van der Waals surface area (Å²) < 4.78 is 12.8. The second kappa shape index (κ2) is 16.6. The molecule has 2 N–H and O–H groups in total. The molecule has 3 amide bonds. The number of amides is 3. The molecule has 0 aliphatic carbocycles. The number of unbranched alkanes of at least 4 members (excludes halogenated alkanes) is 2. The molecule has 0 aromatic heterocycles. The molecule has 10 heteroatoms. The van der Waals surface area contributed by atoms with Crippen molar-refractivity contribution in [3.63, 3.8) is 0 Å². The van der Waals surface area contributed by atoms with Gasteiger partial charge in [0.2, 0.25) is 17.7 Å². The highest BCUT2D eigenvalue weighted by Gasteiger charge is 2.75. The van der Waals surface area contributed by atoms with Gasteiger partial charge in [0.05, 0.1) is 37.1 Å². The third kappa shape index (κ3) is 7.81. The Kier molecular flexibility index (Phi) is 12.8. The van der Waals surface area contributed by atoms with Gasteiger partial charge in [-0.2, -0.15) is 0 Å². The fourth-order valence-corrected chi connectivity index (χ4v) is 7.67. The number of benzene rings is 1. The van der Waals surface area contributed by atoms with Crippen LogP contribution in [0.25, 0.3) is 0 Å². The Morgan fingerprint density at radius 2 is 1.94 bits per heavy atom. The monoisotopic (exact) mass is 651 g/mol. The largest absolute Gasteiger partial charge is 0.455 e. The molecule has 3 saturated heterocycles. The lowest BCUT2D eigenvalue weighted by Crippen LogP contribution is -2.59. The summed E-state index contributed by atoms with van der Waals surface area (Å²) in [6.07, 6.45) is 6.98. The van der Waals surface area contributed by atoms with E-state index in [0.29, 0.717) is 44.3 Å². The van der Waals surface area contributed by atoms with E-state index in [4.69, 9.17) is 9.47 Å². The standard InChI is InChI=1S/C37H53N3O7/c1-6-9-14-21-39(20-8-3)35(44)33-37-19-18-28(47-37)31(32(37)34(43)40(33)27(24-41)22-25(4)5)36(45)46-29(26-15-12-11-13-16-26)23-38-30(42)17-10-7-2/h7-8,11-13,15-16,25,27-29,31-33,41H,2-3,6,9-10,14,17-24H2,1,4-5H3,(H,38,42)/t27-,28+,29+,31-,32-,33+,37-/m1/s1. The maximum absolute atomic E-state index is 14.6. The predicted molar refractivity (Wildman–Crippen MR) is 179 cm³/mol. The van der Waals surface area contributed by atoms with Gasteiger partial charge in [-0.1, -0.05) is 76.1 Å². The van der Waals surface area contributed by atoms with Gasteiger partial charge in [0.25, 0.3) is 0 Å². The van der Waals surface area contributed by atoms with Gasteiger partial charge in [-0.25, -0.2) is 0 Å². The lowest BCUT2D eigenvalue weighted by atomic mass is 9.70. The van der Waals surface area contributed by atoms with Crippen molar-refractivity contribution >= 4 is 23.7 Å². The zero-order valence-electron chi connectivity index (χ0n) is 28.3. The van der Waals surface area contributed by atoms with Crippen molar-refractivity contribution in [1.29, 1.82) is 0 Å². The van der Waals surface area contributed by atoms with Crippen molar-refractivity contribution in [2.24, 2.45) is 17.8 Å². The van der Waals surface area contributed by atoms with Gasteiger partial charge in [0, 0.05) is 19.5 Å². The van der Waals surface area contributed by atoms with Crippen LogP contribution in [0.1, 0.15) is 83.8 Å². The summed E-state index contributed by atoms with van der Waals surface area (Å²) in [6.45, 7) is 14.2. The van der Waals surface area contributed by atoms with Crippen molar-refractivity contribution < 1.29 is 33.8 Å². The maximum atomic E-state index is 14.6. The molecule has 258 valence electrons. The molecular formula is C37H53N3O7. The van der Waals surface area contributed by atoms with Crippen molar-refractivity contribution in [2.75, 3.05) is 26.2 Å². The number of carbonyl (C=O) groups excluding carboxylic acids is 4. The van der Waals surface area contributed by atoms with E-state index in [1.54, 1.807) is 22.0 Å². The molecule has 0 saturated carbocycles. The van der Waals surface area contributed by atoms with Crippen LogP contribution in [0.15, 0.2) is 55.6 Å². The summed E-state index contributed by atoms with van der Waals surface area (Å²) in [5, 5.41) is 13.4. The van der Waals surface area contributed by atoms with Crippen molar-refractivity contribution in [2.45, 2.75) is 102 Å². The average molecular weight is 652 g/mol. The molecule has 1 spiro atoms. The minimum Gasteiger partial charge on any atom is -0.455 e. The van der Waals surface area contributed by atoms with Crippen LogP contribution >= 0.6 is 0 Å². The number of aliphatic hydroxyl groups is 1. The summed E-state index contributed by atoms with van der Waals surface area (Å²) in [4.78, 5) is 59.0. The number of nitrogens with zero attached hydrogens (tertiary/aromatic N) is 2. The number of esters is 1. The lowest BCUT2D eigenvalue weighted by molar-refractivity contribution is -0.161. The van der Waals surface area contributed by atoms with Crippen molar-refractivity contribution in [3.05, 3.63) is 61.2 Å². The summed E-state index contributed by atoms with van der Waals surface area (Å²) in [5.74, 6) is -3.07. The van der Waals surface area contributed by atoms with Crippen LogP contribution in [0.3, 0.4) is 0 Å². The van der Waals surface area contributed by atoms with E-state index in [-0.39, 0.29) is 43.2 Å². The number of carbonyl (C=O) groups is 4. The van der Waals surface area contributed by atoms with Gasteiger partial charge in [-0.05, 0) is 43.6 Å². The SMILES string of the molecule is C=CCCC(=O)NC[C@H](OC(=O)[C@@H]1[C@@H]2CC[C@]3(O2)[C@H](C(=O)N(CC=C)CCCCC)N([C@@H](CO)CC(C)C)C(=O)[C@@H]13)c1ccccc1. The zero-order chi connectivity index (χ0) is 34.1. The molecule has 47 heavy (non-hydrogen) atoms. The Hall–Kier alpha value is -3.50. The number of hydrogen-bond acceptors (Lipinski definition) is 7. The summed E-state index contributed by atoms with van der Waals surface area (Å²) in [6, 6.07) is 7.59. The van der Waals surface area contributed by atoms with Crippen LogP contribution in [0.5, 0.6) is 0 Å². The molecule has 3 heterocycles. The topological polar surface area (TPSA) is 125 Å². The van der Waals surface area contributed by atoms with Crippen LogP contribution in [0, 0.1) is 17.8 Å². The predicted octanol–water partition coefficient (Wildman–Crippen LogP) is 4.34. The van der Waals surface area contributed by atoms with Gasteiger partial charge in [-0.3, -0.25) is 19.2 Å². The minimum absolute atomic E-state index is 0.0657. The van der Waals surface area contributed by atoms with Gasteiger partial charge in [-0.15, -0.1) is 13.2 Å². The second-order valence-corrected chi connectivity index (χ2v) is 13.5. The zero-order valence-corrected chi connectivity index (χ0v) is 28.3. The summed E-state index contributed by atoms with van der Waals surface area (Å²) in [7, 11) is 0. The number of nitrogens with one attached hydrogen (secondary N) is 1. The highest BCUT2D eigenvalue weighted by Crippen LogP contribution is 2.59. The fraction of sp³-hybridized carbons (Fsp3) is 0.622. The molecule has 4 rings (SSSR count). The van der Waals surface area contributed by atoms with E-state index in [9.17, 15) is 24.3 Å². The van der Waals surface area contributed by atoms with E-state index in [0.717, 1.165) is 19.3 Å². The normalized spacial score (nSPS) is 25.7. The Morgan fingerprint density at radius 3 is 2.57 bits per heavy atom. The fourth-order valence-electron chi connectivity index (χ4n) is 7.67. The number of aliphatic hydroxyl groups excluding tert-OH is 1. The first-order valence-corrected chi connectivity index (χ1v) is 17.3. The first-order chi connectivity index (χ1) is 22.6. The van der Waals surface area contributed by atoms with E-state index in [1.165, 1.54) is 0 Å². The Morgan fingerprint density at radius 1 is 1.19 bits per heavy atom. The van der Waals surface area contributed by atoms with Gasteiger partial charge in [0.1, 0.15) is 17.7 Å². The summed E-state index contributed by atoms with van der Waals surface area (Å²) in [5.41, 5.74) is -0.501. The third-order valence-electron chi connectivity index (χ3n) is 9.77. The van der Waals surface area contributed by atoms with Crippen LogP contribution in [-0.2, 0) is 28.7 Å². The molecule has 0 radical (unpaired) electrons. The van der Waals surface area contributed by atoms with E-state index in [1.807, 2.05) is 44.2 Å². The molecule has 3 aliphatic heterocycles. The minimum atomic E-state index is -1.21. The average Bonchev–Trinajstić information content (AvgIpc) is 3.71. The third-order valence-corrected chi connectivity index (χ3v) is 9.77. The number of fused-ring (bicyclic) bond motifs is 1. The van der Waals surface area contributed by atoms with Crippen molar-refractivity contribution in [3.8, 4) is 0 Å². The van der Waals surface area contributed by atoms with E-state index >= 15 is 0 Å². The van der Waals surface area contributed by atoms with Crippen LogP contribution in [-0.4, -0.2) is 88.6 Å². The van der Waals surface area contributed by atoms with Gasteiger partial charge < -0.3 is 29.7 Å². The highest BCUT2D eigenvalue weighted by molar-refractivity contribution is 5.98. The number of ether oxygens (including phenoxy) is 2. The quantitative estimate of drug-likeness (QED) is 0.130. The van der Waals surface area contributed by atoms with E-state index in [2.05, 4.69) is 25.4 Å². The van der Waals surface area contributed by atoms with Crippen LogP contribution in [0.2, 0.25) is 0 Å². The van der Waals surface area contributed by atoms with Crippen LogP contribution in [0.4, 0.5) is 0 Å². The molecule has 1 aromatic carbocycles. The molecule has 2 bridgehead atoms. The first-order valence-electron chi connectivity index (χ1n) is 17.3. The Balaban J connectivity index is 1.67. The molecular weight excluding hydrogens is 598 g/mol. The molecule has 10 nitrogen and oxygen atoms in total.